The van der Waals surface area contributed by atoms with Crippen LogP contribution in [0.1, 0.15) is 34.3 Å². The molecule has 0 radical (unpaired) electrons. The van der Waals surface area contributed by atoms with Crippen molar-refractivity contribution in [1.29, 1.82) is 0 Å². The third kappa shape index (κ3) is 4.59. The summed E-state index contributed by atoms with van der Waals surface area (Å²) in [6.07, 6.45) is 0. The molecule has 0 saturated carbocycles. The Balaban J connectivity index is 1.59. The lowest BCUT2D eigenvalue weighted by atomic mass is 10.1. The van der Waals surface area contributed by atoms with E-state index in [4.69, 9.17) is 0 Å². The van der Waals surface area contributed by atoms with Gasteiger partial charge in [0.1, 0.15) is 10.7 Å². The molecule has 0 fully saturated rings. The van der Waals surface area contributed by atoms with Gasteiger partial charge in [-0.1, -0.05) is 29.8 Å². The largest absolute Gasteiger partial charge is 0.351 e. The van der Waals surface area contributed by atoms with E-state index in [1.807, 2.05) is 52.0 Å². The Hall–Kier alpha value is -2.12. The number of amides is 1. The van der Waals surface area contributed by atoms with Crippen molar-refractivity contribution in [1.82, 2.24) is 15.3 Å². The van der Waals surface area contributed by atoms with Crippen LogP contribution in [-0.2, 0) is 17.1 Å². The summed E-state index contributed by atoms with van der Waals surface area (Å²) in [6.45, 7) is 8.36. The quantitative estimate of drug-likeness (QED) is 0.658. The third-order valence-electron chi connectivity index (χ3n) is 4.51. The minimum atomic E-state index is -0.233. The van der Waals surface area contributed by atoms with Gasteiger partial charge in [-0.25, -0.2) is 4.98 Å². The predicted octanol–water partition coefficient (Wildman–Crippen LogP) is 3.85. The number of thioether (sulfide) groups is 1. The lowest BCUT2D eigenvalue weighted by Gasteiger charge is -2.12. The maximum atomic E-state index is 12.3. The van der Waals surface area contributed by atoms with Crippen LogP contribution in [0, 0.1) is 20.8 Å². The maximum Gasteiger partial charge on any atom is 0.259 e. The summed E-state index contributed by atoms with van der Waals surface area (Å²) in [5, 5.41) is 3.40. The van der Waals surface area contributed by atoms with E-state index in [-0.39, 0.29) is 16.7 Å². The van der Waals surface area contributed by atoms with Gasteiger partial charge in [0.05, 0.1) is 16.4 Å². The van der Waals surface area contributed by atoms with Gasteiger partial charge in [0.15, 0.2) is 0 Å². The van der Waals surface area contributed by atoms with E-state index in [1.54, 1.807) is 0 Å². The third-order valence-corrected chi connectivity index (χ3v) is 6.77. The second-order valence-corrected chi connectivity index (χ2v) is 9.16. The normalized spacial score (nSPS) is 12.3. The van der Waals surface area contributed by atoms with Crippen molar-refractivity contribution < 1.29 is 4.79 Å². The molecular formula is C20H23N3O2S2. The van der Waals surface area contributed by atoms with E-state index in [9.17, 15) is 9.59 Å². The van der Waals surface area contributed by atoms with Gasteiger partial charge in [0.2, 0.25) is 5.91 Å². The number of hydrogen-bond acceptors (Lipinski definition) is 5. The first-order valence-corrected chi connectivity index (χ1v) is 10.7. The molecule has 1 aromatic carbocycles. The number of aryl methyl sites for hydroxylation is 3. The molecule has 0 unspecified atom stereocenters. The number of hydrogen-bond donors (Lipinski definition) is 2. The zero-order chi connectivity index (χ0) is 19.6. The summed E-state index contributed by atoms with van der Waals surface area (Å²) < 4.78 is 0. The molecule has 0 saturated heterocycles. The Bertz CT molecular complexity index is 1020. The van der Waals surface area contributed by atoms with E-state index >= 15 is 0 Å². The maximum absolute atomic E-state index is 12.3. The molecule has 0 aliphatic heterocycles. The highest BCUT2D eigenvalue weighted by molar-refractivity contribution is 7.99. The van der Waals surface area contributed by atoms with Crippen molar-refractivity contribution in [2.75, 3.05) is 0 Å². The first-order valence-electron chi connectivity index (χ1n) is 8.79. The smallest absolute Gasteiger partial charge is 0.259 e. The molecule has 0 bridgehead atoms. The van der Waals surface area contributed by atoms with Gasteiger partial charge in [-0.3, -0.25) is 9.59 Å². The van der Waals surface area contributed by atoms with Crippen molar-refractivity contribution in [3.8, 4) is 0 Å². The van der Waals surface area contributed by atoms with Gasteiger partial charge in [-0.05, 0) is 38.8 Å². The highest BCUT2D eigenvalue weighted by atomic mass is 32.2. The van der Waals surface area contributed by atoms with Crippen LogP contribution in [0.4, 0.5) is 0 Å². The van der Waals surface area contributed by atoms with Gasteiger partial charge < -0.3 is 10.3 Å². The second kappa shape index (κ2) is 8.27. The number of aromatic amines is 1. The molecular weight excluding hydrogens is 378 g/mol. The Morgan fingerprint density at radius 1 is 1.26 bits per heavy atom. The average molecular weight is 402 g/mol. The van der Waals surface area contributed by atoms with Gasteiger partial charge >= 0.3 is 0 Å². The van der Waals surface area contributed by atoms with E-state index in [1.165, 1.54) is 28.7 Å². The van der Waals surface area contributed by atoms with Crippen LogP contribution in [0.2, 0.25) is 0 Å². The highest BCUT2D eigenvalue weighted by Gasteiger charge is 2.16. The van der Waals surface area contributed by atoms with E-state index in [2.05, 4.69) is 15.3 Å². The van der Waals surface area contributed by atoms with Gasteiger partial charge in [0.25, 0.3) is 5.56 Å². The first kappa shape index (κ1) is 19.6. The van der Waals surface area contributed by atoms with Crippen molar-refractivity contribution in [3.05, 3.63) is 62.0 Å². The highest BCUT2D eigenvalue weighted by Crippen LogP contribution is 2.26. The summed E-state index contributed by atoms with van der Waals surface area (Å²) in [4.78, 5) is 33.9. The number of benzene rings is 1. The van der Waals surface area contributed by atoms with Crippen molar-refractivity contribution >= 4 is 39.2 Å². The SMILES string of the molecule is Cc1ccc(CNC(=O)[C@H](C)SCc2nc3sc(C)c(C)c3c(=O)[nH]2)cc1. The van der Waals surface area contributed by atoms with Crippen molar-refractivity contribution in [2.24, 2.45) is 0 Å². The molecule has 1 atom stereocenters. The molecule has 2 aromatic heterocycles. The Morgan fingerprint density at radius 3 is 2.67 bits per heavy atom. The molecule has 7 heteroatoms. The Morgan fingerprint density at radius 2 is 1.96 bits per heavy atom. The van der Waals surface area contributed by atoms with Crippen LogP contribution in [0.3, 0.4) is 0 Å². The average Bonchev–Trinajstić information content (AvgIpc) is 2.93. The van der Waals surface area contributed by atoms with Crippen LogP contribution >= 0.6 is 23.1 Å². The van der Waals surface area contributed by atoms with Crippen LogP contribution in [0.15, 0.2) is 29.1 Å². The number of aromatic nitrogens is 2. The number of thiophene rings is 1. The predicted molar refractivity (Wildman–Crippen MR) is 113 cm³/mol. The monoisotopic (exact) mass is 401 g/mol. The van der Waals surface area contributed by atoms with Crippen LogP contribution in [0.25, 0.3) is 10.2 Å². The number of carbonyl (C=O) groups is 1. The fourth-order valence-electron chi connectivity index (χ4n) is 2.69. The van der Waals surface area contributed by atoms with E-state index < -0.39 is 0 Å². The molecule has 1 amide bonds. The van der Waals surface area contributed by atoms with Gasteiger partial charge in [0, 0.05) is 11.4 Å². The minimum absolute atomic E-state index is 0.0215. The molecule has 3 rings (SSSR count). The van der Waals surface area contributed by atoms with Crippen molar-refractivity contribution in [3.63, 3.8) is 0 Å². The molecule has 0 aliphatic carbocycles. The molecule has 0 aliphatic rings. The fraction of sp³-hybridized carbons (Fsp3) is 0.350. The number of fused-ring (bicyclic) bond motifs is 1. The molecule has 2 N–H and O–H groups in total. The lowest BCUT2D eigenvalue weighted by molar-refractivity contribution is -0.120. The Kier molecular flexibility index (Phi) is 6.01. The summed E-state index contributed by atoms with van der Waals surface area (Å²) in [7, 11) is 0. The molecule has 3 aromatic rings. The number of H-pyrrole nitrogens is 1. The molecule has 5 nitrogen and oxygen atoms in total. The Labute approximate surface area is 166 Å². The minimum Gasteiger partial charge on any atom is -0.351 e. The lowest BCUT2D eigenvalue weighted by Crippen LogP contribution is -2.30. The number of carbonyl (C=O) groups excluding carboxylic acids is 1. The standard InChI is InChI=1S/C20H23N3O2S2/c1-11-5-7-15(8-6-11)9-21-18(24)14(4)26-10-16-22-19(25)17-12(2)13(3)27-20(17)23-16/h5-8,14H,9-10H2,1-4H3,(H,21,24)(H,22,23,25)/t14-/m0/s1. The second-order valence-electron chi connectivity index (χ2n) is 6.63. The zero-order valence-electron chi connectivity index (χ0n) is 15.9. The van der Waals surface area contributed by atoms with Crippen LogP contribution < -0.4 is 10.9 Å². The molecule has 0 spiro atoms. The molecule has 27 heavy (non-hydrogen) atoms. The first-order chi connectivity index (χ1) is 12.8. The molecule has 142 valence electrons. The van der Waals surface area contributed by atoms with Gasteiger partial charge in [-0.2, -0.15) is 0 Å². The summed E-state index contributed by atoms with van der Waals surface area (Å²) in [6, 6.07) is 8.10. The van der Waals surface area contributed by atoms with Gasteiger partial charge in [-0.15, -0.1) is 23.1 Å². The number of nitrogens with zero attached hydrogens (tertiary/aromatic N) is 1. The fourth-order valence-corrected chi connectivity index (χ4v) is 4.51. The van der Waals surface area contributed by atoms with Crippen LogP contribution in [-0.4, -0.2) is 21.1 Å². The number of rotatable bonds is 6. The topological polar surface area (TPSA) is 74.8 Å². The zero-order valence-corrected chi connectivity index (χ0v) is 17.5. The van der Waals surface area contributed by atoms with Crippen molar-refractivity contribution in [2.45, 2.75) is 45.2 Å². The van der Waals surface area contributed by atoms with E-state index in [0.717, 1.165) is 20.8 Å². The summed E-state index contributed by atoms with van der Waals surface area (Å²) in [5.41, 5.74) is 3.16. The number of nitrogens with one attached hydrogen (secondary N) is 2. The van der Waals surface area contributed by atoms with Crippen LogP contribution in [0.5, 0.6) is 0 Å². The van der Waals surface area contributed by atoms with E-state index in [0.29, 0.717) is 23.5 Å². The summed E-state index contributed by atoms with van der Waals surface area (Å²) >= 11 is 3.00. The molecule has 2 heterocycles. The summed E-state index contributed by atoms with van der Waals surface area (Å²) in [5.74, 6) is 1.07.